The molecule has 17 heavy (non-hydrogen) atoms. The topological polar surface area (TPSA) is 91.3 Å². The van der Waals surface area contributed by atoms with Gasteiger partial charge in [-0.2, -0.15) is 0 Å². The van der Waals surface area contributed by atoms with Gasteiger partial charge in [-0.1, -0.05) is 0 Å². The van der Waals surface area contributed by atoms with E-state index < -0.39 is 5.97 Å². The second-order valence-corrected chi connectivity index (χ2v) is 3.54. The maximum atomic E-state index is 11.0. The molecule has 0 saturated carbocycles. The van der Waals surface area contributed by atoms with Crippen molar-refractivity contribution in [2.75, 3.05) is 18.9 Å². The molecule has 0 unspecified atom stereocenters. The fourth-order valence-electron chi connectivity index (χ4n) is 1.31. The number of aromatic carboxylic acids is 1. The monoisotopic (exact) mass is 237 g/mol. The van der Waals surface area contributed by atoms with E-state index in [0.717, 1.165) is 0 Å². The van der Waals surface area contributed by atoms with Gasteiger partial charge in [0.1, 0.15) is 5.82 Å². The summed E-state index contributed by atoms with van der Waals surface area (Å²) in [6.07, 6.45) is 0.314. The first-order chi connectivity index (χ1) is 8.02. The Morgan fingerprint density at radius 1 is 1.41 bits per heavy atom. The van der Waals surface area contributed by atoms with Crippen LogP contribution in [-0.2, 0) is 4.79 Å². The summed E-state index contributed by atoms with van der Waals surface area (Å²) in [5, 5.41) is 14.3. The predicted octanol–water partition coefficient (Wildman–Crippen LogP) is 0.636. The summed E-state index contributed by atoms with van der Waals surface area (Å²) < 4.78 is 0. The third-order valence-electron chi connectivity index (χ3n) is 2.14. The molecule has 0 atom stereocenters. The molecule has 0 fully saturated rings. The van der Waals surface area contributed by atoms with Gasteiger partial charge in [0, 0.05) is 25.7 Å². The molecule has 0 aliphatic rings. The number of aryl methyl sites for hydroxylation is 1. The fourth-order valence-corrected chi connectivity index (χ4v) is 1.31. The van der Waals surface area contributed by atoms with Crippen LogP contribution in [0.5, 0.6) is 0 Å². The first-order valence-electron chi connectivity index (χ1n) is 5.19. The number of nitrogens with zero attached hydrogens (tertiary/aromatic N) is 1. The summed E-state index contributed by atoms with van der Waals surface area (Å²) >= 11 is 0. The number of rotatable bonds is 5. The van der Waals surface area contributed by atoms with Crippen LogP contribution in [0.2, 0.25) is 0 Å². The van der Waals surface area contributed by atoms with Crippen molar-refractivity contribution < 1.29 is 14.7 Å². The van der Waals surface area contributed by atoms with Gasteiger partial charge >= 0.3 is 5.97 Å². The highest BCUT2D eigenvalue weighted by molar-refractivity contribution is 5.88. The molecule has 0 aliphatic carbocycles. The van der Waals surface area contributed by atoms with Gasteiger partial charge in [-0.25, -0.2) is 9.78 Å². The van der Waals surface area contributed by atoms with Crippen molar-refractivity contribution in [2.24, 2.45) is 0 Å². The van der Waals surface area contributed by atoms with E-state index in [1.165, 1.54) is 12.1 Å². The van der Waals surface area contributed by atoms with E-state index in [1.807, 2.05) is 0 Å². The van der Waals surface area contributed by atoms with Crippen molar-refractivity contribution in [2.45, 2.75) is 13.3 Å². The van der Waals surface area contributed by atoms with Crippen LogP contribution in [0.1, 0.15) is 22.5 Å². The van der Waals surface area contributed by atoms with Crippen LogP contribution in [0.4, 0.5) is 5.82 Å². The van der Waals surface area contributed by atoms with Crippen molar-refractivity contribution in [3.63, 3.8) is 0 Å². The Morgan fingerprint density at radius 2 is 2.12 bits per heavy atom. The van der Waals surface area contributed by atoms with Gasteiger partial charge in [0.15, 0.2) is 0 Å². The second kappa shape index (κ2) is 5.83. The average Bonchev–Trinajstić information content (AvgIpc) is 2.28. The summed E-state index contributed by atoms with van der Waals surface area (Å²) in [6.45, 7) is 2.13. The molecular formula is C11H15N3O3. The van der Waals surface area contributed by atoms with E-state index in [9.17, 15) is 9.59 Å². The van der Waals surface area contributed by atoms with Crippen molar-refractivity contribution >= 4 is 17.7 Å². The number of carbonyl (C=O) groups excluding carboxylic acids is 1. The number of aromatic nitrogens is 1. The number of nitrogens with one attached hydrogen (secondary N) is 2. The highest BCUT2D eigenvalue weighted by Gasteiger charge is 2.06. The highest BCUT2D eigenvalue weighted by Crippen LogP contribution is 2.10. The number of carboxylic acids is 1. The second-order valence-electron chi connectivity index (χ2n) is 3.54. The number of pyridine rings is 1. The quantitative estimate of drug-likeness (QED) is 0.699. The molecule has 0 saturated heterocycles. The van der Waals surface area contributed by atoms with E-state index in [2.05, 4.69) is 15.6 Å². The molecule has 6 nitrogen and oxygen atoms in total. The van der Waals surface area contributed by atoms with E-state index in [0.29, 0.717) is 24.5 Å². The van der Waals surface area contributed by atoms with E-state index in [4.69, 9.17) is 5.11 Å². The van der Waals surface area contributed by atoms with Crippen LogP contribution in [0.25, 0.3) is 0 Å². The number of anilines is 1. The van der Waals surface area contributed by atoms with Crippen molar-refractivity contribution in [1.82, 2.24) is 10.3 Å². The fraction of sp³-hybridized carbons (Fsp3) is 0.364. The third-order valence-corrected chi connectivity index (χ3v) is 2.14. The maximum Gasteiger partial charge on any atom is 0.335 e. The van der Waals surface area contributed by atoms with Crippen LogP contribution in [0, 0.1) is 6.92 Å². The number of carboxylic acid groups (broad SMARTS) is 1. The Kier molecular flexibility index (Phi) is 4.45. The van der Waals surface area contributed by atoms with Crippen molar-refractivity contribution in [1.29, 1.82) is 0 Å². The number of amides is 1. The van der Waals surface area contributed by atoms with Gasteiger partial charge in [0.2, 0.25) is 5.91 Å². The van der Waals surface area contributed by atoms with Gasteiger partial charge in [0.05, 0.1) is 5.56 Å². The molecule has 0 aliphatic heterocycles. The lowest BCUT2D eigenvalue weighted by Crippen LogP contribution is -2.21. The highest BCUT2D eigenvalue weighted by atomic mass is 16.4. The van der Waals surface area contributed by atoms with Gasteiger partial charge < -0.3 is 15.7 Å². The van der Waals surface area contributed by atoms with E-state index >= 15 is 0 Å². The van der Waals surface area contributed by atoms with Crippen molar-refractivity contribution in [3.05, 3.63) is 23.4 Å². The smallest absolute Gasteiger partial charge is 0.335 e. The Hall–Kier alpha value is -2.11. The minimum absolute atomic E-state index is 0.0800. The lowest BCUT2D eigenvalue weighted by atomic mass is 10.2. The zero-order valence-corrected chi connectivity index (χ0v) is 9.78. The summed E-state index contributed by atoms with van der Waals surface area (Å²) in [7, 11) is 1.57. The van der Waals surface area contributed by atoms with Gasteiger partial charge in [-0.3, -0.25) is 4.79 Å². The zero-order valence-electron chi connectivity index (χ0n) is 9.78. The minimum Gasteiger partial charge on any atom is -0.478 e. The molecule has 1 aromatic rings. The first-order valence-corrected chi connectivity index (χ1v) is 5.19. The Balaban J connectivity index is 2.65. The van der Waals surface area contributed by atoms with E-state index in [-0.39, 0.29) is 11.5 Å². The first kappa shape index (κ1) is 13.0. The molecule has 1 aromatic heterocycles. The number of hydrogen-bond acceptors (Lipinski definition) is 4. The summed E-state index contributed by atoms with van der Waals surface area (Å²) in [5.74, 6) is -0.611. The minimum atomic E-state index is -0.996. The molecule has 3 N–H and O–H groups in total. The largest absolute Gasteiger partial charge is 0.478 e. The normalized spacial score (nSPS) is 9.76. The Labute approximate surface area is 99.1 Å². The molecule has 1 amide bonds. The summed E-state index contributed by atoms with van der Waals surface area (Å²) in [6, 6.07) is 2.94. The SMILES string of the molecule is CNC(=O)CCNc1cc(C(=O)O)cc(C)n1. The molecule has 0 radical (unpaired) electrons. The van der Waals surface area contributed by atoms with Crippen LogP contribution in [0.3, 0.4) is 0 Å². The molecule has 1 heterocycles. The van der Waals surface area contributed by atoms with Crippen LogP contribution in [0.15, 0.2) is 12.1 Å². The van der Waals surface area contributed by atoms with Crippen LogP contribution < -0.4 is 10.6 Å². The van der Waals surface area contributed by atoms with Gasteiger partial charge in [-0.15, -0.1) is 0 Å². The van der Waals surface area contributed by atoms with Gasteiger partial charge in [0.25, 0.3) is 0 Å². The summed E-state index contributed by atoms with van der Waals surface area (Å²) in [5.41, 5.74) is 0.798. The van der Waals surface area contributed by atoms with Crippen molar-refractivity contribution in [3.8, 4) is 0 Å². The molecule has 1 rings (SSSR count). The van der Waals surface area contributed by atoms with Crippen LogP contribution >= 0.6 is 0 Å². The predicted molar refractivity (Wildman–Crippen MR) is 63.1 cm³/mol. The number of hydrogen-bond donors (Lipinski definition) is 3. The number of carbonyl (C=O) groups is 2. The Bertz CT molecular complexity index is 432. The molecular weight excluding hydrogens is 222 g/mol. The lowest BCUT2D eigenvalue weighted by Gasteiger charge is -2.07. The maximum absolute atomic E-state index is 11.0. The average molecular weight is 237 g/mol. The molecule has 0 spiro atoms. The Morgan fingerprint density at radius 3 is 2.71 bits per heavy atom. The van der Waals surface area contributed by atoms with Crippen LogP contribution in [-0.4, -0.2) is 35.6 Å². The molecule has 92 valence electrons. The molecule has 6 heteroatoms. The molecule has 0 bridgehead atoms. The lowest BCUT2D eigenvalue weighted by molar-refractivity contribution is -0.120. The summed E-state index contributed by atoms with van der Waals surface area (Å²) in [4.78, 5) is 25.9. The third kappa shape index (κ3) is 4.10. The standard InChI is InChI=1S/C11H15N3O3/c1-7-5-8(11(16)17)6-9(14-7)13-4-3-10(15)12-2/h5-6H,3-4H2,1-2H3,(H,12,15)(H,13,14)(H,16,17). The van der Waals surface area contributed by atoms with E-state index in [1.54, 1.807) is 14.0 Å². The zero-order chi connectivity index (χ0) is 12.8. The van der Waals surface area contributed by atoms with Gasteiger partial charge in [-0.05, 0) is 19.1 Å². The molecule has 0 aromatic carbocycles.